The molecule has 0 spiro atoms. The Labute approximate surface area is 150 Å². The highest BCUT2D eigenvalue weighted by atomic mass is 16.2. The van der Waals surface area contributed by atoms with Gasteiger partial charge in [-0.15, -0.1) is 0 Å². The summed E-state index contributed by atoms with van der Waals surface area (Å²) in [5, 5.41) is 3.61. The molecule has 2 aliphatic heterocycles. The predicted molar refractivity (Wildman–Crippen MR) is 99.4 cm³/mol. The molecular weight excluding hydrogens is 314 g/mol. The molecular formula is C20H29N3O2. The molecule has 5 heteroatoms. The van der Waals surface area contributed by atoms with Gasteiger partial charge in [0.05, 0.1) is 6.04 Å². The number of anilines is 1. The van der Waals surface area contributed by atoms with Crippen LogP contribution in [0, 0.1) is 5.92 Å². The van der Waals surface area contributed by atoms with Crippen molar-refractivity contribution in [3.05, 3.63) is 30.3 Å². The van der Waals surface area contributed by atoms with Crippen LogP contribution in [0.1, 0.15) is 39.5 Å². The van der Waals surface area contributed by atoms with E-state index in [0.717, 1.165) is 44.6 Å². The molecule has 2 aliphatic rings. The fourth-order valence-corrected chi connectivity index (χ4v) is 4.00. The SMILES string of the molecule is CCC(=O)N1CC[C@H](N[C@H]2CCCN(c3ccccc3)C2=O)[C@@H](C)C1. The molecule has 1 aromatic carbocycles. The van der Waals surface area contributed by atoms with E-state index in [1.54, 1.807) is 0 Å². The normalized spacial score (nSPS) is 27.4. The third kappa shape index (κ3) is 4.03. The molecule has 2 fully saturated rings. The molecule has 136 valence electrons. The Hall–Kier alpha value is -1.88. The molecule has 0 aromatic heterocycles. The molecule has 25 heavy (non-hydrogen) atoms. The molecule has 5 nitrogen and oxygen atoms in total. The van der Waals surface area contributed by atoms with Crippen LogP contribution in [0.15, 0.2) is 30.3 Å². The number of likely N-dealkylation sites (tertiary alicyclic amines) is 1. The van der Waals surface area contributed by atoms with Gasteiger partial charge in [0.2, 0.25) is 11.8 Å². The largest absolute Gasteiger partial charge is 0.342 e. The minimum absolute atomic E-state index is 0.116. The highest BCUT2D eigenvalue weighted by Gasteiger charge is 2.34. The Morgan fingerprint density at radius 1 is 1.20 bits per heavy atom. The number of nitrogens with zero attached hydrogens (tertiary/aromatic N) is 2. The van der Waals surface area contributed by atoms with Gasteiger partial charge in [-0.2, -0.15) is 0 Å². The van der Waals surface area contributed by atoms with Crippen molar-refractivity contribution >= 4 is 17.5 Å². The number of para-hydroxylation sites is 1. The average Bonchev–Trinajstić information content (AvgIpc) is 2.65. The topological polar surface area (TPSA) is 52.7 Å². The van der Waals surface area contributed by atoms with Gasteiger partial charge in [0.1, 0.15) is 0 Å². The molecule has 2 heterocycles. The lowest BCUT2D eigenvalue weighted by atomic mass is 9.91. The van der Waals surface area contributed by atoms with E-state index in [1.165, 1.54) is 0 Å². The molecule has 3 rings (SSSR count). The van der Waals surface area contributed by atoms with E-state index in [0.29, 0.717) is 18.4 Å². The lowest BCUT2D eigenvalue weighted by Gasteiger charge is -2.41. The van der Waals surface area contributed by atoms with Crippen molar-refractivity contribution in [3.63, 3.8) is 0 Å². The summed E-state index contributed by atoms with van der Waals surface area (Å²) < 4.78 is 0. The lowest BCUT2D eigenvalue weighted by Crippen LogP contribution is -2.58. The van der Waals surface area contributed by atoms with Crippen LogP contribution in [-0.2, 0) is 9.59 Å². The Morgan fingerprint density at radius 3 is 2.64 bits per heavy atom. The van der Waals surface area contributed by atoms with Crippen LogP contribution in [0.3, 0.4) is 0 Å². The Kier molecular flexibility index (Phi) is 5.74. The number of carbonyl (C=O) groups excluding carboxylic acids is 2. The van der Waals surface area contributed by atoms with Gasteiger partial charge < -0.3 is 15.1 Å². The predicted octanol–water partition coefficient (Wildman–Crippen LogP) is 2.42. The minimum atomic E-state index is -0.116. The highest BCUT2D eigenvalue weighted by Crippen LogP contribution is 2.23. The third-order valence-electron chi connectivity index (χ3n) is 5.48. The van der Waals surface area contributed by atoms with E-state index < -0.39 is 0 Å². The smallest absolute Gasteiger partial charge is 0.244 e. The second kappa shape index (κ2) is 8.00. The summed E-state index contributed by atoms with van der Waals surface area (Å²) in [6.45, 7) is 6.46. The molecule has 0 aliphatic carbocycles. The molecule has 0 unspecified atom stereocenters. The Bertz CT molecular complexity index is 604. The van der Waals surface area contributed by atoms with Gasteiger partial charge in [0.25, 0.3) is 0 Å². The standard InChI is InChI=1S/C20H29N3O2/c1-3-19(24)22-13-11-17(15(2)14-22)21-18-10-7-12-23(20(18)25)16-8-5-4-6-9-16/h4-6,8-9,15,17-18,21H,3,7,10-14H2,1-2H3/t15-,17-,18-/m0/s1. The van der Waals surface area contributed by atoms with Crippen molar-refractivity contribution in [1.82, 2.24) is 10.2 Å². The van der Waals surface area contributed by atoms with E-state index in [9.17, 15) is 9.59 Å². The van der Waals surface area contributed by atoms with E-state index >= 15 is 0 Å². The fourth-order valence-electron chi connectivity index (χ4n) is 4.00. The zero-order chi connectivity index (χ0) is 17.8. The van der Waals surface area contributed by atoms with Crippen LogP contribution in [0.2, 0.25) is 0 Å². The number of carbonyl (C=O) groups is 2. The molecule has 2 saturated heterocycles. The summed E-state index contributed by atoms with van der Waals surface area (Å²) in [5.41, 5.74) is 0.982. The molecule has 1 aromatic rings. The quantitative estimate of drug-likeness (QED) is 0.913. The van der Waals surface area contributed by atoms with Crippen molar-refractivity contribution in [2.45, 2.75) is 51.6 Å². The van der Waals surface area contributed by atoms with Gasteiger partial charge in [-0.25, -0.2) is 0 Å². The molecule has 0 bridgehead atoms. The van der Waals surface area contributed by atoms with Crippen molar-refractivity contribution in [2.24, 2.45) is 5.92 Å². The summed E-state index contributed by atoms with van der Waals surface area (Å²) in [4.78, 5) is 28.7. The first kappa shape index (κ1) is 17.9. The minimum Gasteiger partial charge on any atom is -0.342 e. The van der Waals surface area contributed by atoms with Gasteiger partial charge in [0.15, 0.2) is 0 Å². The molecule has 0 saturated carbocycles. The zero-order valence-electron chi connectivity index (χ0n) is 15.3. The number of nitrogens with one attached hydrogen (secondary N) is 1. The third-order valence-corrected chi connectivity index (χ3v) is 5.48. The first-order valence-corrected chi connectivity index (χ1v) is 9.50. The average molecular weight is 343 g/mol. The number of benzene rings is 1. The Morgan fingerprint density at radius 2 is 1.96 bits per heavy atom. The summed E-state index contributed by atoms with van der Waals surface area (Å²) in [6.07, 6.45) is 3.39. The van der Waals surface area contributed by atoms with E-state index in [4.69, 9.17) is 0 Å². The zero-order valence-corrected chi connectivity index (χ0v) is 15.3. The van der Waals surface area contributed by atoms with Gasteiger partial charge in [-0.05, 0) is 37.3 Å². The number of hydrogen-bond donors (Lipinski definition) is 1. The van der Waals surface area contributed by atoms with Gasteiger partial charge in [-0.1, -0.05) is 32.0 Å². The monoisotopic (exact) mass is 343 g/mol. The fraction of sp³-hybridized carbons (Fsp3) is 0.600. The highest BCUT2D eigenvalue weighted by molar-refractivity contribution is 5.97. The van der Waals surface area contributed by atoms with Gasteiger partial charge in [-0.3, -0.25) is 9.59 Å². The number of hydrogen-bond acceptors (Lipinski definition) is 3. The van der Waals surface area contributed by atoms with Gasteiger partial charge >= 0.3 is 0 Å². The first-order valence-electron chi connectivity index (χ1n) is 9.50. The van der Waals surface area contributed by atoms with Crippen molar-refractivity contribution < 1.29 is 9.59 Å². The van der Waals surface area contributed by atoms with Crippen LogP contribution in [0.4, 0.5) is 5.69 Å². The molecule has 1 N–H and O–H groups in total. The number of piperidine rings is 2. The summed E-state index contributed by atoms with van der Waals surface area (Å²) in [5.74, 6) is 0.773. The first-order chi connectivity index (χ1) is 12.1. The van der Waals surface area contributed by atoms with Crippen molar-refractivity contribution in [3.8, 4) is 0 Å². The summed E-state index contributed by atoms with van der Waals surface area (Å²) in [7, 11) is 0. The Balaban J connectivity index is 1.61. The maximum Gasteiger partial charge on any atom is 0.244 e. The van der Waals surface area contributed by atoms with Crippen molar-refractivity contribution in [1.29, 1.82) is 0 Å². The van der Waals surface area contributed by atoms with Crippen LogP contribution >= 0.6 is 0 Å². The van der Waals surface area contributed by atoms with Crippen molar-refractivity contribution in [2.75, 3.05) is 24.5 Å². The lowest BCUT2D eigenvalue weighted by molar-refractivity contribution is -0.133. The molecule has 0 radical (unpaired) electrons. The molecule has 2 amide bonds. The van der Waals surface area contributed by atoms with Crippen LogP contribution in [0.5, 0.6) is 0 Å². The van der Waals surface area contributed by atoms with Crippen LogP contribution < -0.4 is 10.2 Å². The van der Waals surface area contributed by atoms with Crippen LogP contribution in [-0.4, -0.2) is 48.4 Å². The summed E-state index contributed by atoms with van der Waals surface area (Å²) in [6, 6.07) is 10.1. The second-order valence-corrected chi connectivity index (χ2v) is 7.25. The van der Waals surface area contributed by atoms with E-state index in [2.05, 4.69) is 12.2 Å². The van der Waals surface area contributed by atoms with E-state index in [1.807, 2.05) is 47.1 Å². The number of amides is 2. The maximum absolute atomic E-state index is 12.9. The summed E-state index contributed by atoms with van der Waals surface area (Å²) >= 11 is 0. The van der Waals surface area contributed by atoms with Crippen LogP contribution in [0.25, 0.3) is 0 Å². The number of rotatable bonds is 4. The van der Waals surface area contributed by atoms with E-state index in [-0.39, 0.29) is 17.9 Å². The van der Waals surface area contributed by atoms with Gasteiger partial charge in [0, 0.05) is 37.8 Å². The molecule has 3 atom stereocenters. The second-order valence-electron chi connectivity index (χ2n) is 7.25. The maximum atomic E-state index is 12.9.